The number of nitrogens with two attached hydrogens (primary N) is 1. The Morgan fingerprint density at radius 3 is 3.07 bits per heavy atom. The largest absolute Gasteiger partial charge is 0.394 e. The van der Waals surface area contributed by atoms with Crippen LogP contribution in [0.25, 0.3) is 0 Å². The van der Waals surface area contributed by atoms with E-state index in [0.717, 1.165) is 5.69 Å². The lowest BCUT2D eigenvalue weighted by molar-refractivity contribution is 0.773. The second-order valence-electron chi connectivity index (χ2n) is 2.92. The van der Waals surface area contributed by atoms with Gasteiger partial charge in [0, 0.05) is 23.8 Å². The van der Waals surface area contributed by atoms with Gasteiger partial charge in [-0.3, -0.25) is 4.79 Å². The zero-order valence-electron chi connectivity index (χ0n) is 7.38. The van der Waals surface area contributed by atoms with Crippen LogP contribution in [0.5, 0.6) is 0 Å². The van der Waals surface area contributed by atoms with Crippen LogP contribution in [0.2, 0.25) is 0 Å². The Hall–Kier alpha value is -1.62. The van der Waals surface area contributed by atoms with E-state index in [9.17, 15) is 4.79 Å². The predicted molar refractivity (Wildman–Crippen MR) is 56.3 cm³/mol. The minimum atomic E-state index is -0.139. The van der Waals surface area contributed by atoms with Crippen molar-refractivity contribution in [1.82, 2.24) is 9.55 Å². The molecule has 0 aliphatic heterocycles. The van der Waals surface area contributed by atoms with Crippen molar-refractivity contribution >= 4 is 17.0 Å². The van der Waals surface area contributed by atoms with Crippen LogP contribution in [0.15, 0.2) is 34.1 Å². The van der Waals surface area contributed by atoms with Crippen molar-refractivity contribution in [3.8, 4) is 0 Å². The Morgan fingerprint density at radius 1 is 1.57 bits per heavy atom. The summed E-state index contributed by atoms with van der Waals surface area (Å²) in [6.45, 7) is 0.647. The minimum absolute atomic E-state index is 0.139. The third-order valence-electron chi connectivity index (χ3n) is 1.83. The van der Waals surface area contributed by atoms with E-state index in [1.54, 1.807) is 29.2 Å². The predicted octanol–water partition coefficient (Wildman–Crippen LogP) is 0.935. The van der Waals surface area contributed by atoms with Gasteiger partial charge < -0.3 is 10.3 Å². The third-order valence-corrected chi connectivity index (χ3v) is 2.47. The molecular weight excluding hydrogens is 198 g/mol. The molecule has 0 atom stereocenters. The molecule has 0 bridgehead atoms. The maximum absolute atomic E-state index is 11.0. The monoisotopic (exact) mass is 207 g/mol. The fraction of sp³-hybridized carbons (Fsp3) is 0.111. The lowest BCUT2D eigenvalue weighted by atomic mass is 10.4. The van der Waals surface area contributed by atoms with Gasteiger partial charge >= 0.3 is 0 Å². The van der Waals surface area contributed by atoms with Gasteiger partial charge in [-0.2, -0.15) is 0 Å². The Balaban J connectivity index is 2.26. The van der Waals surface area contributed by atoms with Crippen molar-refractivity contribution in [2.45, 2.75) is 6.54 Å². The number of hydrogen-bond acceptors (Lipinski definition) is 4. The molecule has 2 N–H and O–H groups in total. The van der Waals surface area contributed by atoms with Crippen LogP contribution < -0.4 is 11.2 Å². The van der Waals surface area contributed by atoms with Crippen molar-refractivity contribution in [3.05, 3.63) is 45.3 Å². The van der Waals surface area contributed by atoms with Crippen LogP contribution >= 0.6 is 11.3 Å². The summed E-state index contributed by atoms with van der Waals surface area (Å²) in [6.07, 6.45) is 3.33. The van der Waals surface area contributed by atoms with E-state index in [0.29, 0.717) is 6.54 Å². The molecule has 2 aromatic rings. The second-order valence-corrected chi connectivity index (χ2v) is 3.64. The fourth-order valence-electron chi connectivity index (χ4n) is 1.15. The van der Waals surface area contributed by atoms with Crippen LogP contribution in [0.4, 0.5) is 5.69 Å². The van der Waals surface area contributed by atoms with Crippen LogP contribution in [-0.2, 0) is 6.54 Å². The Bertz CT molecular complexity index is 475. The number of thiazole rings is 1. The molecule has 14 heavy (non-hydrogen) atoms. The number of rotatable bonds is 2. The van der Waals surface area contributed by atoms with Gasteiger partial charge in [-0.25, -0.2) is 4.98 Å². The molecule has 0 aliphatic rings. The highest BCUT2D eigenvalue weighted by atomic mass is 32.1. The van der Waals surface area contributed by atoms with Gasteiger partial charge in [-0.05, 0) is 0 Å². The first-order valence-electron chi connectivity index (χ1n) is 4.08. The van der Waals surface area contributed by atoms with Gasteiger partial charge in [0.1, 0.15) is 0 Å². The van der Waals surface area contributed by atoms with Crippen molar-refractivity contribution in [2.75, 3.05) is 5.73 Å². The zero-order valence-corrected chi connectivity index (χ0v) is 8.20. The Labute approximate surface area is 84.6 Å². The zero-order chi connectivity index (χ0) is 9.97. The molecule has 0 spiro atoms. The second kappa shape index (κ2) is 3.63. The maximum Gasteiger partial charge on any atom is 0.204 e. The van der Waals surface area contributed by atoms with Gasteiger partial charge in [0.2, 0.25) is 5.43 Å². The van der Waals surface area contributed by atoms with Crippen molar-refractivity contribution in [1.29, 1.82) is 0 Å². The molecule has 0 aromatic carbocycles. The lowest BCUT2D eigenvalue weighted by Gasteiger charge is -2.03. The molecule has 5 heteroatoms. The van der Waals surface area contributed by atoms with E-state index in [1.807, 2.05) is 9.95 Å². The topological polar surface area (TPSA) is 60.9 Å². The number of anilines is 1. The van der Waals surface area contributed by atoms with E-state index in [4.69, 9.17) is 5.73 Å². The molecule has 2 rings (SSSR count). The number of pyridine rings is 1. The summed E-state index contributed by atoms with van der Waals surface area (Å²) in [5.74, 6) is 0. The molecule has 0 amide bonds. The van der Waals surface area contributed by atoms with E-state index in [1.165, 1.54) is 6.07 Å². The molecule has 72 valence electrons. The summed E-state index contributed by atoms with van der Waals surface area (Å²) in [7, 11) is 0. The molecule has 0 aliphatic carbocycles. The lowest BCUT2D eigenvalue weighted by Crippen LogP contribution is -2.11. The van der Waals surface area contributed by atoms with Crippen LogP contribution in [0.3, 0.4) is 0 Å². The first-order chi connectivity index (χ1) is 6.75. The quantitative estimate of drug-likeness (QED) is 0.797. The van der Waals surface area contributed by atoms with Gasteiger partial charge in [0.15, 0.2) is 0 Å². The van der Waals surface area contributed by atoms with Crippen LogP contribution in [0.1, 0.15) is 5.69 Å². The SMILES string of the molecule is Nc1cn(Cc2cscn2)ccc1=O. The summed E-state index contributed by atoms with van der Waals surface area (Å²) in [4.78, 5) is 15.2. The summed E-state index contributed by atoms with van der Waals surface area (Å²) in [6, 6.07) is 1.46. The van der Waals surface area contributed by atoms with Crippen molar-refractivity contribution < 1.29 is 0 Å². The van der Waals surface area contributed by atoms with E-state index in [2.05, 4.69) is 4.98 Å². The third kappa shape index (κ3) is 1.82. The molecule has 0 fully saturated rings. The first kappa shape index (κ1) is 8.96. The summed E-state index contributed by atoms with van der Waals surface area (Å²) in [5, 5.41) is 1.97. The molecule has 0 unspecified atom stereocenters. The summed E-state index contributed by atoms with van der Waals surface area (Å²) >= 11 is 1.55. The van der Waals surface area contributed by atoms with Crippen LogP contribution in [-0.4, -0.2) is 9.55 Å². The standard InChI is InChI=1S/C9H9N3OS/c10-8-4-12(2-1-9(8)13)3-7-5-14-6-11-7/h1-2,4-6H,3,10H2. The average molecular weight is 207 g/mol. The van der Waals surface area contributed by atoms with Gasteiger partial charge in [0.25, 0.3) is 0 Å². The summed E-state index contributed by atoms with van der Waals surface area (Å²) < 4.78 is 1.84. The van der Waals surface area contributed by atoms with Gasteiger partial charge in [-0.15, -0.1) is 11.3 Å². The minimum Gasteiger partial charge on any atom is -0.394 e. The fourth-order valence-corrected chi connectivity index (χ4v) is 1.70. The maximum atomic E-state index is 11.0. The average Bonchev–Trinajstić information content (AvgIpc) is 2.64. The Kier molecular flexibility index (Phi) is 2.32. The molecule has 0 saturated heterocycles. The highest BCUT2D eigenvalue weighted by molar-refractivity contribution is 7.07. The molecule has 0 radical (unpaired) electrons. The number of aromatic nitrogens is 2. The molecule has 2 aromatic heterocycles. The van der Waals surface area contributed by atoms with E-state index >= 15 is 0 Å². The normalized spacial score (nSPS) is 10.3. The molecular formula is C9H9N3OS. The Morgan fingerprint density at radius 2 is 2.43 bits per heavy atom. The number of nitrogens with zero attached hydrogens (tertiary/aromatic N) is 2. The van der Waals surface area contributed by atoms with Crippen molar-refractivity contribution in [3.63, 3.8) is 0 Å². The van der Waals surface area contributed by atoms with Gasteiger partial charge in [0.05, 0.1) is 23.4 Å². The smallest absolute Gasteiger partial charge is 0.204 e. The molecule has 2 heterocycles. The number of nitrogen functional groups attached to an aromatic ring is 1. The first-order valence-corrected chi connectivity index (χ1v) is 5.02. The van der Waals surface area contributed by atoms with Crippen LogP contribution in [0, 0.1) is 0 Å². The van der Waals surface area contributed by atoms with E-state index in [-0.39, 0.29) is 11.1 Å². The van der Waals surface area contributed by atoms with Crippen molar-refractivity contribution in [2.24, 2.45) is 0 Å². The number of hydrogen-bond donors (Lipinski definition) is 1. The summed E-state index contributed by atoms with van der Waals surface area (Å²) in [5.41, 5.74) is 8.37. The van der Waals surface area contributed by atoms with E-state index < -0.39 is 0 Å². The highest BCUT2D eigenvalue weighted by Gasteiger charge is 1.97. The highest BCUT2D eigenvalue weighted by Crippen LogP contribution is 2.04. The molecule has 0 saturated carbocycles. The van der Waals surface area contributed by atoms with Gasteiger partial charge in [-0.1, -0.05) is 0 Å². The molecule has 4 nitrogen and oxygen atoms in total.